The fourth-order valence-electron chi connectivity index (χ4n) is 4.10. The number of aryl methyl sites for hydroxylation is 2. The van der Waals surface area contributed by atoms with E-state index in [0.717, 1.165) is 37.7 Å². The molecule has 1 amide bonds. The largest absolute Gasteiger partial charge is 0.329 e. The number of carbonyl (C=O) groups excluding carboxylic acids is 1. The molecule has 5 rings (SSSR count). The average molecular weight is 488 g/mol. The minimum absolute atomic E-state index is 0.149. The third-order valence-corrected chi connectivity index (χ3v) is 7.77. The molecule has 0 aliphatic carbocycles. The summed E-state index contributed by atoms with van der Waals surface area (Å²) in [4.78, 5) is 36.1. The van der Waals surface area contributed by atoms with Gasteiger partial charge in [-0.05, 0) is 54.1 Å². The highest BCUT2D eigenvalue weighted by Gasteiger charge is 2.24. The number of benzene rings is 2. The number of hydrogen-bond donors (Lipinski definition) is 1. The maximum Gasteiger partial charge on any atom is 0.266 e. The predicted molar refractivity (Wildman–Crippen MR) is 139 cm³/mol. The van der Waals surface area contributed by atoms with Crippen LogP contribution in [0.15, 0.2) is 71.8 Å². The molecule has 7 heteroatoms. The summed E-state index contributed by atoms with van der Waals surface area (Å²) in [6.45, 7) is 4.47. The van der Waals surface area contributed by atoms with Gasteiger partial charge in [0.25, 0.3) is 11.5 Å². The van der Waals surface area contributed by atoms with Crippen LogP contribution in [0.5, 0.6) is 0 Å². The van der Waals surface area contributed by atoms with Crippen molar-refractivity contribution in [3.63, 3.8) is 0 Å². The van der Waals surface area contributed by atoms with Gasteiger partial charge in [-0.25, -0.2) is 0 Å². The van der Waals surface area contributed by atoms with Crippen LogP contribution in [0.4, 0.5) is 0 Å². The molecule has 3 aromatic heterocycles. The molecule has 5 aromatic rings. The second kappa shape index (κ2) is 9.05. The molecule has 0 spiro atoms. The zero-order valence-electron chi connectivity index (χ0n) is 18.8. The first-order valence-electron chi connectivity index (χ1n) is 10.9. The first-order chi connectivity index (χ1) is 16.4. The number of halogens is 1. The van der Waals surface area contributed by atoms with Gasteiger partial charge in [-0.3, -0.25) is 14.6 Å². The number of nitrogens with zero attached hydrogens (tertiary/aromatic N) is 2. The number of H-pyrrole nitrogens is 1. The highest BCUT2D eigenvalue weighted by Crippen LogP contribution is 2.36. The molecule has 2 aromatic carbocycles. The lowest BCUT2D eigenvalue weighted by Gasteiger charge is -2.22. The number of thiophene rings is 1. The van der Waals surface area contributed by atoms with Crippen molar-refractivity contribution in [2.24, 2.45) is 0 Å². The lowest BCUT2D eigenvalue weighted by Crippen LogP contribution is -2.32. The minimum atomic E-state index is -0.213. The van der Waals surface area contributed by atoms with Crippen LogP contribution in [0.3, 0.4) is 0 Å². The van der Waals surface area contributed by atoms with Crippen LogP contribution in [0.1, 0.15) is 31.9 Å². The number of carbonyl (C=O) groups is 1. The fraction of sp³-hybridized carbons (Fsp3) is 0.148. The third kappa shape index (κ3) is 4.11. The number of fused-ring (bicyclic) bond motifs is 2. The lowest BCUT2D eigenvalue weighted by molar-refractivity contribution is 0.0734. The molecule has 1 N–H and O–H groups in total. The van der Waals surface area contributed by atoms with E-state index in [2.05, 4.69) is 9.97 Å². The molecule has 0 aliphatic rings. The van der Waals surface area contributed by atoms with E-state index in [4.69, 9.17) is 11.6 Å². The number of amides is 1. The maximum absolute atomic E-state index is 13.7. The van der Waals surface area contributed by atoms with Crippen molar-refractivity contribution in [3.8, 4) is 0 Å². The van der Waals surface area contributed by atoms with Gasteiger partial charge in [-0.2, -0.15) is 0 Å². The van der Waals surface area contributed by atoms with Crippen LogP contribution in [0.2, 0.25) is 5.02 Å². The Morgan fingerprint density at radius 3 is 2.68 bits per heavy atom. The molecule has 0 atom stereocenters. The number of rotatable bonds is 5. The van der Waals surface area contributed by atoms with E-state index in [0.29, 0.717) is 22.0 Å². The smallest absolute Gasteiger partial charge is 0.266 e. The van der Waals surface area contributed by atoms with Crippen LogP contribution in [-0.4, -0.2) is 20.8 Å². The van der Waals surface area contributed by atoms with Gasteiger partial charge in [0.05, 0.1) is 17.1 Å². The second-order valence-corrected chi connectivity index (χ2v) is 9.79. The zero-order valence-corrected chi connectivity index (χ0v) is 20.3. The van der Waals surface area contributed by atoms with Gasteiger partial charge in [0.1, 0.15) is 4.88 Å². The summed E-state index contributed by atoms with van der Waals surface area (Å²) in [7, 11) is 0. The normalized spacial score (nSPS) is 11.3. The SMILES string of the molecule is Cc1ccc2cc(CN(Cc3cccnc3)C(=O)c3sc4ccccc4c3Cl)c(=O)[nH]c2c1C. The summed E-state index contributed by atoms with van der Waals surface area (Å²) in [5, 5.41) is 2.24. The van der Waals surface area contributed by atoms with Crippen LogP contribution < -0.4 is 5.56 Å². The molecule has 170 valence electrons. The molecule has 0 aliphatic heterocycles. The second-order valence-electron chi connectivity index (χ2n) is 8.36. The summed E-state index contributed by atoms with van der Waals surface area (Å²) in [5.41, 5.74) is 4.17. The topological polar surface area (TPSA) is 66.1 Å². The molecular formula is C27H22ClN3O2S. The van der Waals surface area contributed by atoms with E-state index in [9.17, 15) is 9.59 Å². The first kappa shape index (κ1) is 22.3. The summed E-state index contributed by atoms with van der Waals surface area (Å²) in [6, 6.07) is 17.3. The van der Waals surface area contributed by atoms with Gasteiger partial charge in [-0.1, -0.05) is 48.0 Å². The van der Waals surface area contributed by atoms with E-state index in [1.165, 1.54) is 11.3 Å². The quantitative estimate of drug-likeness (QED) is 0.318. The number of aromatic amines is 1. The lowest BCUT2D eigenvalue weighted by atomic mass is 10.0. The maximum atomic E-state index is 13.7. The Labute approximate surface area is 205 Å². The molecule has 0 bridgehead atoms. The molecular weight excluding hydrogens is 466 g/mol. The Balaban J connectivity index is 1.57. The van der Waals surface area contributed by atoms with Crippen molar-refractivity contribution in [1.29, 1.82) is 0 Å². The third-order valence-electron chi connectivity index (χ3n) is 6.10. The van der Waals surface area contributed by atoms with E-state index in [1.807, 2.05) is 68.4 Å². The molecule has 0 unspecified atom stereocenters. The number of hydrogen-bond acceptors (Lipinski definition) is 4. The van der Waals surface area contributed by atoms with Crippen LogP contribution in [0.25, 0.3) is 21.0 Å². The molecule has 5 nitrogen and oxygen atoms in total. The highest BCUT2D eigenvalue weighted by molar-refractivity contribution is 7.21. The molecule has 34 heavy (non-hydrogen) atoms. The highest BCUT2D eigenvalue weighted by atomic mass is 35.5. The Hall–Kier alpha value is -3.48. The van der Waals surface area contributed by atoms with Crippen LogP contribution >= 0.6 is 22.9 Å². The summed E-state index contributed by atoms with van der Waals surface area (Å²) in [6.07, 6.45) is 3.42. The monoisotopic (exact) mass is 487 g/mol. The zero-order chi connectivity index (χ0) is 23.8. The summed E-state index contributed by atoms with van der Waals surface area (Å²) in [5.74, 6) is -0.213. The molecule has 0 saturated carbocycles. The van der Waals surface area contributed by atoms with Crippen molar-refractivity contribution in [1.82, 2.24) is 14.9 Å². The Morgan fingerprint density at radius 1 is 1.09 bits per heavy atom. The minimum Gasteiger partial charge on any atom is -0.329 e. The van der Waals surface area contributed by atoms with E-state index in [-0.39, 0.29) is 18.0 Å². The Bertz CT molecular complexity index is 1590. The van der Waals surface area contributed by atoms with Gasteiger partial charge < -0.3 is 9.88 Å². The van der Waals surface area contributed by atoms with Crippen molar-refractivity contribution >= 4 is 49.8 Å². The molecule has 0 saturated heterocycles. The van der Waals surface area contributed by atoms with Crippen molar-refractivity contribution < 1.29 is 4.79 Å². The Morgan fingerprint density at radius 2 is 1.91 bits per heavy atom. The van der Waals surface area contributed by atoms with Crippen molar-refractivity contribution in [2.75, 3.05) is 0 Å². The Kier molecular flexibility index (Phi) is 5.94. The van der Waals surface area contributed by atoms with E-state index < -0.39 is 0 Å². The van der Waals surface area contributed by atoms with Gasteiger partial charge in [0.2, 0.25) is 0 Å². The summed E-state index contributed by atoms with van der Waals surface area (Å²) < 4.78 is 0.951. The average Bonchev–Trinajstić information content (AvgIpc) is 3.19. The van der Waals surface area contributed by atoms with E-state index >= 15 is 0 Å². The van der Waals surface area contributed by atoms with E-state index in [1.54, 1.807) is 17.3 Å². The molecule has 0 radical (unpaired) electrons. The number of aromatic nitrogens is 2. The van der Waals surface area contributed by atoms with Crippen LogP contribution in [0, 0.1) is 13.8 Å². The molecule has 3 heterocycles. The number of nitrogens with one attached hydrogen (secondary N) is 1. The van der Waals surface area contributed by atoms with Crippen molar-refractivity contribution in [3.05, 3.63) is 109 Å². The predicted octanol–water partition coefficient (Wildman–Crippen LogP) is 6.25. The van der Waals surface area contributed by atoms with Gasteiger partial charge in [0.15, 0.2) is 0 Å². The fourth-order valence-corrected chi connectivity index (χ4v) is 5.58. The van der Waals surface area contributed by atoms with Gasteiger partial charge >= 0.3 is 0 Å². The van der Waals surface area contributed by atoms with Gasteiger partial charge in [0, 0.05) is 34.6 Å². The van der Waals surface area contributed by atoms with Crippen molar-refractivity contribution in [2.45, 2.75) is 26.9 Å². The summed E-state index contributed by atoms with van der Waals surface area (Å²) >= 11 is 7.99. The standard InChI is InChI=1S/C27H22ClN3O2S/c1-16-9-10-19-12-20(26(32)30-24(19)17(16)2)15-31(14-18-6-5-11-29-13-18)27(33)25-23(28)21-7-3-4-8-22(21)34-25/h3-13H,14-15H2,1-2H3,(H,30,32). The first-order valence-corrected chi connectivity index (χ1v) is 12.1. The number of pyridine rings is 2. The molecule has 0 fully saturated rings. The van der Waals surface area contributed by atoms with Crippen LogP contribution in [-0.2, 0) is 13.1 Å². The van der Waals surface area contributed by atoms with Gasteiger partial charge in [-0.15, -0.1) is 11.3 Å².